The van der Waals surface area contributed by atoms with Crippen molar-refractivity contribution in [3.05, 3.63) is 271 Å². The zero-order valence-electron chi connectivity index (χ0n) is 36.8. The van der Waals surface area contributed by atoms with Gasteiger partial charge < -0.3 is 4.90 Å². The average molecular weight is 768 g/mol. The largest absolute Gasteiger partial charge is 0.310 e. The molecule has 0 radical (unpaired) electrons. The van der Waals surface area contributed by atoms with Gasteiger partial charge in [-0.3, -0.25) is 0 Å². The van der Waals surface area contributed by atoms with E-state index in [1.165, 1.54) is 5.56 Å². The third kappa shape index (κ3) is 5.94. The lowest BCUT2D eigenvalue weighted by Gasteiger charge is -2.35. The van der Waals surface area contributed by atoms with Crippen molar-refractivity contribution in [2.75, 3.05) is 4.90 Å². The van der Waals surface area contributed by atoms with Crippen LogP contribution in [0.1, 0.15) is 27.7 Å². The topological polar surface area (TPSA) is 3.24 Å². The minimum Gasteiger partial charge on any atom is -0.310 e. The second kappa shape index (κ2) is 14.9. The molecule has 10 aromatic rings. The minimum absolute atomic E-state index is 0.104. The number of rotatable bonds is 8. The predicted octanol–water partition coefficient (Wildman–Crippen LogP) is 15.7. The highest BCUT2D eigenvalue weighted by atomic mass is 15.1. The summed E-state index contributed by atoms with van der Waals surface area (Å²) in [4.78, 5) is 1.93. The van der Waals surface area contributed by atoms with Gasteiger partial charge in [0.15, 0.2) is 0 Å². The van der Waals surface area contributed by atoms with Crippen LogP contribution in [0.15, 0.2) is 249 Å². The van der Waals surface area contributed by atoms with Gasteiger partial charge in [0.2, 0.25) is 0 Å². The van der Waals surface area contributed by atoms with Gasteiger partial charge in [-0.1, -0.05) is 206 Å². The average Bonchev–Trinajstić information content (AvgIpc) is 3.66. The van der Waals surface area contributed by atoms with Crippen molar-refractivity contribution < 1.29 is 5.48 Å². The zero-order valence-corrected chi connectivity index (χ0v) is 32.8. The van der Waals surface area contributed by atoms with Crippen molar-refractivity contribution in [1.29, 1.82) is 0 Å². The Morgan fingerprint density at radius 2 is 0.850 bits per heavy atom. The van der Waals surface area contributed by atoms with Crippen molar-refractivity contribution >= 4 is 27.8 Å². The number of fused-ring (bicyclic) bond motifs is 4. The highest BCUT2D eigenvalue weighted by Crippen LogP contribution is 2.57. The number of hydrogen-bond acceptors (Lipinski definition) is 1. The van der Waals surface area contributed by atoms with Crippen LogP contribution in [0, 0.1) is 0 Å². The summed E-state index contributed by atoms with van der Waals surface area (Å²) < 4.78 is 39.0. The molecule has 0 amide bonds. The molecule has 1 nitrogen and oxygen atoms in total. The highest BCUT2D eigenvalue weighted by Gasteiger charge is 2.46. The van der Waals surface area contributed by atoms with Crippen LogP contribution in [0.4, 0.5) is 17.1 Å². The van der Waals surface area contributed by atoms with E-state index in [1.54, 1.807) is 0 Å². The van der Waals surface area contributed by atoms with E-state index in [4.69, 9.17) is 0 Å². The summed E-state index contributed by atoms with van der Waals surface area (Å²) in [7, 11) is 0. The lowest BCUT2D eigenvalue weighted by atomic mass is 9.67. The van der Waals surface area contributed by atoms with Gasteiger partial charge >= 0.3 is 0 Å². The third-order valence-corrected chi connectivity index (χ3v) is 12.0. The van der Waals surface area contributed by atoms with Gasteiger partial charge in [-0.05, 0) is 120 Å². The molecule has 0 aromatic heterocycles. The Balaban J connectivity index is 1.17. The first-order chi connectivity index (χ1) is 31.4. The molecule has 11 rings (SSSR count). The SMILES string of the molecule is [2H]c1c([2H])c(N(c2cccc(-c3cccc4ccccc34)c2)c2ccc3c(c2)C(c2ccccc2)(c2ccccc2)c2ccccc2-3)c([2H])c([2H])c1-c1cccc(-c2ccccc2)c1. The highest BCUT2D eigenvalue weighted by molar-refractivity contribution is 5.98. The molecule has 0 unspecified atom stereocenters. The molecule has 0 saturated heterocycles. The zero-order chi connectivity index (χ0) is 43.4. The smallest absolute Gasteiger partial charge is 0.0714 e. The molecule has 0 aliphatic heterocycles. The maximum Gasteiger partial charge on any atom is 0.0714 e. The molecule has 10 aromatic carbocycles. The fraction of sp³-hybridized carbons (Fsp3) is 0.0169. The normalized spacial score (nSPS) is 13.4. The van der Waals surface area contributed by atoms with E-state index in [0.29, 0.717) is 11.3 Å². The quantitative estimate of drug-likeness (QED) is 0.149. The van der Waals surface area contributed by atoms with Gasteiger partial charge in [0.1, 0.15) is 0 Å². The summed E-state index contributed by atoms with van der Waals surface area (Å²) in [6.07, 6.45) is 0. The van der Waals surface area contributed by atoms with Gasteiger partial charge in [-0.2, -0.15) is 0 Å². The maximum atomic E-state index is 9.87. The maximum absolute atomic E-state index is 9.87. The lowest BCUT2D eigenvalue weighted by Crippen LogP contribution is -2.28. The van der Waals surface area contributed by atoms with Gasteiger partial charge in [-0.25, -0.2) is 0 Å². The van der Waals surface area contributed by atoms with E-state index >= 15 is 0 Å². The van der Waals surface area contributed by atoms with Crippen LogP contribution in [0.2, 0.25) is 0 Å². The minimum atomic E-state index is -0.691. The first-order valence-electron chi connectivity index (χ1n) is 22.4. The Labute approximate surface area is 357 Å². The van der Waals surface area contributed by atoms with Crippen molar-refractivity contribution in [3.63, 3.8) is 0 Å². The van der Waals surface area contributed by atoms with Crippen molar-refractivity contribution in [1.82, 2.24) is 0 Å². The third-order valence-electron chi connectivity index (χ3n) is 12.0. The van der Waals surface area contributed by atoms with Gasteiger partial charge in [0.25, 0.3) is 0 Å². The Bertz CT molecular complexity index is 3310. The monoisotopic (exact) mass is 767 g/mol. The van der Waals surface area contributed by atoms with Crippen LogP contribution in [0.25, 0.3) is 55.3 Å². The number of hydrogen-bond donors (Lipinski definition) is 0. The van der Waals surface area contributed by atoms with Crippen molar-refractivity contribution in [2.24, 2.45) is 0 Å². The molecule has 1 heteroatoms. The molecular weight excluding hydrogens is 723 g/mol. The first kappa shape index (κ1) is 31.3. The van der Waals surface area contributed by atoms with E-state index in [2.05, 4.69) is 152 Å². The van der Waals surface area contributed by atoms with E-state index in [0.717, 1.165) is 66.5 Å². The molecule has 1 aliphatic rings. The Morgan fingerprint density at radius 1 is 0.317 bits per heavy atom. The predicted molar refractivity (Wildman–Crippen MR) is 252 cm³/mol. The Kier molecular flexibility index (Phi) is 7.76. The van der Waals surface area contributed by atoms with Crippen molar-refractivity contribution in [2.45, 2.75) is 5.41 Å². The standard InChI is InChI=1S/C59H41N/c1-4-17-42(18-5-1)45-21-14-22-46(39-45)43-33-35-50(36-34-43)60(51-28-15-23-47(40-51)54-31-16-20-44-19-10-11-29-53(44)54)52-37-38-56-55-30-12-13-32-57(55)59(58(56)41-52,48-24-6-2-7-25-48)49-26-8-3-9-27-49/h1-41H/i33D,34D,35D,36D. The van der Waals surface area contributed by atoms with Crippen LogP contribution in [-0.2, 0) is 5.41 Å². The Hall–Kier alpha value is -7.74. The molecule has 0 bridgehead atoms. The molecule has 0 saturated carbocycles. The van der Waals surface area contributed by atoms with Crippen LogP contribution in [-0.4, -0.2) is 0 Å². The van der Waals surface area contributed by atoms with Crippen LogP contribution < -0.4 is 4.90 Å². The van der Waals surface area contributed by atoms with Gasteiger partial charge in [-0.15, -0.1) is 0 Å². The molecule has 1 aliphatic carbocycles. The molecule has 0 fully saturated rings. The van der Waals surface area contributed by atoms with Crippen LogP contribution in [0.3, 0.4) is 0 Å². The molecular formula is C59H41N. The van der Waals surface area contributed by atoms with E-state index < -0.39 is 5.41 Å². The Morgan fingerprint density at radius 3 is 1.62 bits per heavy atom. The van der Waals surface area contributed by atoms with E-state index in [9.17, 15) is 5.48 Å². The lowest BCUT2D eigenvalue weighted by molar-refractivity contribution is 0.768. The van der Waals surface area contributed by atoms with Crippen LogP contribution >= 0.6 is 0 Å². The molecule has 60 heavy (non-hydrogen) atoms. The number of anilines is 3. The first-order valence-corrected chi connectivity index (χ1v) is 20.4. The van der Waals surface area contributed by atoms with Crippen LogP contribution in [0.5, 0.6) is 0 Å². The van der Waals surface area contributed by atoms with E-state index in [-0.39, 0.29) is 35.4 Å². The second-order valence-corrected chi connectivity index (χ2v) is 15.3. The van der Waals surface area contributed by atoms with Gasteiger partial charge in [0.05, 0.1) is 10.9 Å². The molecule has 0 heterocycles. The summed E-state index contributed by atoms with van der Waals surface area (Å²) in [6, 6.07) is 76.5. The number of nitrogens with zero attached hydrogens (tertiary/aromatic N) is 1. The summed E-state index contributed by atoms with van der Waals surface area (Å²) in [6.45, 7) is 0. The van der Waals surface area contributed by atoms with Gasteiger partial charge in [0, 0.05) is 17.1 Å². The fourth-order valence-electron chi connectivity index (χ4n) is 9.32. The summed E-state index contributed by atoms with van der Waals surface area (Å²) in [5, 5.41) is 2.25. The molecule has 0 spiro atoms. The summed E-state index contributed by atoms with van der Waals surface area (Å²) >= 11 is 0. The number of benzene rings is 10. The second-order valence-electron chi connectivity index (χ2n) is 15.3. The fourth-order valence-corrected chi connectivity index (χ4v) is 9.32. The molecule has 282 valence electrons. The van der Waals surface area contributed by atoms with E-state index in [1.807, 2.05) is 77.7 Å². The molecule has 0 N–H and O–H groups in total. The molecule has 0 atom stereocenters. The summed E-state index contributed by atoms with van der Waals surface area (Å²) in [5.74, 6) is 0. The van der Waals surface area contributed by atoms with Crippen molar-refractivity contribution in [3.8, 4) is 44.5 Å². The summed E-state index contributed by atoms with van der Waals surface area (Å²) in [5.41, 5.74) is 12.5.